The number of rotatable bonds is 4. The van der Waals surface area contributed by atoms with Gasteiger partial charge in [0.1, 0.15) is 12.4 Å². The van der Waals surface area contributed by atoms with Crippen LogP contribution in [0.5, 0.6) is 5.75 Å². The van der Waals surface area contributed by atoms with Gasteiger partial charge in [0, 0.05) is 0 Å². The Morgan fingerprint density at radius 2 is 1.71 bits per heavy atom. The molecule has 0 saturated heterocycles. The SMILES string of the molecule is OB(O)c1ccc(OCC2=CC3(CCCCC3)CC2)cc1. The number of benzene rings is 1. The normalized spacial score (nSPS) is 20.4. The lowest BCUT2D eigenvalue weighted by atomic mass is 9.74. The van der Waals surface area contributed by atoms with E-state index < -0.39 is 7.12 Å². The third-order valence-corrected chi connectivity index (χ3v) is 4.91. The molecule has 0 unspecified atom stereocenters. The first-order valence-corrected chi connectivity index (χ1v) is 7.96. The van der Waals surface area contributed by atoms with E-state index in [0.29, 0.717) is 17.5 Å². The van der Waals surface area contributed by atoms with Crippen molar-refractivity contribution in [3.8, 4) is 5.75 Å². The second kappa shape index (κ2) is 6.24. The van der Waals surface area contributed by atoms with Crippen molar-refractivity contribution < 1.29 is 14.8 Å². The molecule has 1 aromatic carbocycles. The minimum Gasteiger partial charge on any atom is -0.489 e. The maximum atomic E-state index is 9.06. The van der Waals surface area contributed by atoms with Crippen molar-refractivity contribution in [2.45, 2.75) is 44.9 Å². The third kappa shape index (κ3) is 3.50. The zero-order valence-corrected chi connectivity index (χ0v) is 12.4. The first-order chi connectivity index (χ1) is 10.2. The monoisotopic (exact) mass is 286 g/mol. The molecule has 1 aromatic rings. The van der Waals surface area contributed by atoms with Crippen LogP contribution in [0.25, 0.3) is 0 Å². The van der Waals surface area contributed by atoms with Gasteiger partial charge >= 0.3 is 7.12 Å². The van der Waals surface area contributed by atoms with Crippen molar-refractivity contribution in [2.75, 3.05) is 6.61 Å². The van der Waals surface area contributed by atoms with Crippen molar-refractivity contribution in [1.29, 1.82) is 0 Å². The fourth-order valence-electron chi connectivity index (χ4n) is 3.66. The molecule has 2 N–H and O–H groups in total. The molecule has 1 saturated carbocycles. The van der Waals surface area contributed by atoms with Gasteiger partial charge in [0.15, 0.2) is 0 Å². The number of hydrogen-bond acceptors (Lipinski definition) is 3. The lowest BCUT2D eigenvalue weighted by Gasteiger charge is -2.31. The van der Waals surface area contributed by atoms with Gasteiger partial charge in [-0.05, 0) is 54.3 Å². The smallest absolute Gasteiger partial charge is 0.488 e. The van der Waals surface area contributed by atoms with Crippen LogP contribution in [0.2, 0.25) is 0 Å². The highest BCUT2D eigenvalue weighted by atomic mass is 16.5. The highest BCUT2D eigenvalue weighted by Gasteiger charge is 2.34. The van der Waals surface area contributed by atoms with Gasteiger partial charge < -0.3 is 14.8 Å². The molecule has 2 aliphatic carbocycles. The quantitative estimate of drug-likeness (QED) is 0.660. The average molecular weight is 286 g/mol. The Labute approximate surface area is 126 Å². The van der Waals surface area contributed by atoms with E-state index in [-0.39, 0.29) is 0 Å². The van der Waals surface area contributed by atoms with Gasteiger partial charge in [-0.2, -0.15) is 0 Å². The Morgan fingerprint density at radius 3 is 2.38 bits per heavy atom. The molecule has 1 spiro atoms. The summed E-state index contributed by atoms with van der Waals surface area (Å²) in [6.07, 6.45) is 11.8. The maximum Gasteiger partial charge on any atom is 0.488 e. The molecule has 0 aromatic heterocycles. The minimum atomic E-state index is -1.41. The Balaban J connectivity index is 1.56. The van der Waals surface area contributed by atoms with Gasteiger partial charge in [-0.3, -0.25) is 0 Å². The van der Waals surface area contributed by atoms with E-state index in [9.17, 15) is 0 Å². The Morgan fingerprint density at radius 1 is 1.00 bits per heavy atom. The summed E-state index contributed by atoms with van der Waals surface area (Å²) in [5, 5.41) is 18.1. The second-order valence-corrected chi connectivity index (χ2v) is 6.46. The predicted octanol–water partition coefficient (Wildman–Crippen LogP) is 2.42. The van der Waals surface area contributed by atoms with Crippen LogP contribution < -0.4 is 10.2 Å². The lowest BCUT2D eigenvalue weighted by Crippen LogP contribution is -2.29. The Hall–Kier alpha value is -1.26. The second-order valence-electron chi connectivity index (χ2n) is 6.46. The van der Waals surface area contributed by atoms with E-state index in [0.717, 1.165) is 12.2 Å². The maximum absolute atomic E-state index is 9.06. The molecule has 0 radical (unpaired) electrons. The first-order valence-electron chi connectivity index (χ1n) is 7.96. The van der Waals surface area contributed by atoms with Crippen LogP contribution in [0.1, 0.15) is 44.9 Å². The Bertz CT molecular complexity index is 501. The summed E-state index contributed by atoms with van der Waals surface area (Å²) in [6, 6.07) is 6.96. The largest absolute Gasteiger partial charge is 0.489 e. The molecule has 0 amide bonds. The molecule has 4 heteroatoms. The summed E-state index contributed by atoms with van der Waals surface area (Å²) in [6.45, 7) is 0.656. The molecular formula is C17H23BO3. The van der Waals surface area contributed by atoms with E-state index in [1.54, 1.807) is 24.3 Å². The molecule has 2 aliphatic rings. The first kappa shape index (κ1) is 14.7. The summed E-state index contributed by atoms with van der Waals surface area (Å²) in [5.74, 6) is 0.782. The molecule has 0 heterocycles. The van der Waals surface area contributed by atoms with E-state index in [1.807, 2.05) is 0 Å². The average Bonchev–Trinajstić information content (AvgIpc) is 2.89. The topological polar surface area (TPSA) is 49.7 Å². The molecular weight excluding hydrogens is 263 g/mol. The molecule has 1 fully saturated rings. The molecule has 21 heavy (non-hydrogen) atoms. The summed E-state index contributed by atoms with van der Waals surface area (Å²) < 4.78 is 5.83. The lowest BCUT2D eigenvalue weighted by molar-refractivity contribution is 0.254. The number of allylic oxidation sites excluding steroid dienone is 1. The van der Waals surface area contributed by atoms with E-state index in [1.165, 1.54) is 44.1 Å². The number of ether oxygens (including phenoxy) is 1. The highest BCUT2D eigenvalue weighted by molar-refractivity contribution is 6.58. The van der Waals surface area contributed by atoms with E-state index in [4.69, 9.17) is 14.8 Å². The standard InChI is InChI=1S/C17H23BO3/c19-18(20)15-4-6-16(7-5-15)21-13-14-8-11-17(12-14)9-2-1-3-10-17/h4-7,12,19-20H,1-3,8-11,13H2. The summed E-state index contributed by atoms with van der Waals surface area (Å²) >= 11 is 0. The summed E-state index contributed by atoms with van der Waals surface area (Å²) in [7, 11) is -1.41. The van der Waals surface area contributed by atoms with Crippen molar-refractivity contribution in [3.05, 3.63) is 35.9 Å². The molecule has 112 valence electrons. The van der Waals surface area contributed by atoms with Gasteiger partial charge in [0.05, 0.1) is 0 Å². The van der Waals surface area contributed by atoms with E-state index >= 15 is 0 Å². The fraction of sp³-hybridized carbons (Fsp3) is 0.529. The van der Waals surface area contributed by atoms with Crippen molar-refractivity contribution in [2.24, 2.45) is 5.41 Å². The molecule has 3 nitrogen and oxygen atoms in total. The van der Waals surface area contributed by atoms with Crippen LogP contribution >= 0.6 is 0 Å². The van der Waals surface area contributed by atoms with Gasteiger partial charge in [-0.25, -0.2) is 0 Å². The third-order valence-electron chi connectivity index (χ3n) is 4.91. The fourth-order valence-corrected chi connectivity index (χ4v) is 3.66. The van der Waals surface area contributed by atoms with Crippen LogP contribution in [0.3, 0.4) is 0 Å². The molecule has 0 atom stereocenters. The van der Waals surface area contributed by atoms with Crippen molar-refractivity contribution in [3.63, 3.8) is 0 Å². The van der Waals surface area contributed by atoms with Gasteiger partial charge in [-0.15, -0.1) is 0 Å². The van der Waals surface area contributed by atoms with Crippen LogP contribution in [0, 0.1) is 5.41 Å². The van der Waals surface area contributed by atoms with Crippen molar-refractivity contribution in [1.82, 2.24) is 0 Å². The van der Waals surface area contributed by atoms with Gasteiger partial charge in [0.2, 0.25) is 0 Å². The van der Waals surface area contributed by atoms with Crippen LogP contribution in [0.15, 0.2) is 35.9 Å². The zero-order valence-electron chi connectivity index (χ0n) is 12.4. The van der Waals surface area contributed by atoms with Gasteiger partial charge in [0.25, 0.3) is 0 Å². The van der Waals surface area contributed by atoms with Crippen LogP contribution in [0.4, 0.5) is 0 Å². The number of hydrogen-bond donors (Lipinski definition) is 2. The predicted molar refractivity (Wildman–Crippen MR) is 84.6 cm³/mol. The zero-order chi connectivity index (χ0) is 14.7. The summed E-state index contributed by atoms with van der Waals surface area (Å²) in [4.78, 5) is 0. The van der Waals surface area contributed by atoms with Crippen LogP contribution in [-0.4, -0.2) is 23.8 Å². The van der Waals surface area contributed by atoms with E-state index in [2.05, 4.69) is 6.08 Å². The van der Waals surface area contributed by atoms with Gasteiger partial charge in [-0.1, -0.05) is 37.5 Å². The summed E-state index contributed by atoms with van der Waals surface area (Å²) in [5.41, 5.74) is 2.38. The molecule has 0 aliphatic heterocycles. The minimum absolute atomic E-state index is 0.474. The molecule has 3 rings (SSSR count). The highest BCUT2D eigenvalue weighted by Crippen LogP contribution is 2.47. The van der Waals surface area contributed by atoms with Crippen molar-refractivity contribution >= 4 is 12.6 Å². The molecule has 0 bridgehead atoms. The Kier molecular flexibility index (Phi) is 4.36. The van der Waals surface area contributed by atoms with Crippen LogP contribution in [-0.2, 0) is 0 Å².